The number of benzene rings is 2. The van der Waals surface area contributed by atoms with Crippen LogP contribution in [0.2, 0.25) is 0 Å². The van der Waals surface area contributed by atoms with Gasteiger partial charge in [0.25, 0.3) is 0 Å². The largest absolute Gasteiger partial charge is 0.462 e. The minimum absolute atomic E-state index is 0.322. The average Bonchev–Trinajstić information content (AvgIpc) is 3.05. The van der Waals surface area contributed by atoms with E-state index in [9.17, 15) is 4.79 Å². The molecule has 1 N–H and O–H groups in total. The van der Waals surface area contributed by atoms with Gasteiger partial charge in [-0.3, -0.25) is 0 Å². The molecule has 0 radical (unpaired) electrons. The summed E-state index contributed by atoms with van der Waals surface area (Å²) in [6, 6.07) is 17.5. The molecular formula is C20H16N2O2. The summed E-state index contributed by atoms with van der Waals surface area (Å²) in [4.78, 5) is 20.4. The van der Waals surface area contributed by atoms with Gasteiger partial charge in [0.15, 0.2) is 0 Å². The second-order valence-corrected chi connectivity index (χ2v) is 5.54. The molecule has 4 heteroatoms. The highest BCUT2D eigenvalue weighted by atomic mass is 16.5. The summed E-state index contributed by atoms with van der Waals surface area (Å²) in [5, 5.41) is 1.88. The molecule has 2 heterocycles. The van der Waals surface area contributed by atoms with E-state index >= 15 is 0 Å². The van der Waals surface area contributed by atoms with E-state index in [1.165, 1.54) is 0 Å². The van der Waals surface area contributed by atoms with Crippen LogP contribution in [-0.2, 0) is 4.74 Å². The molecule has 0 spiro atoms. The lowest BCUT2D eigenvalue weighted by molar-refractivity contribution is 0.0528. The summed E-state index contributed by atoms with van der Waals surface area (Å²) in [6.07, 6.45) is 1.93. The van der Waals surface area contributed by atoms with E-state index in [1.807, 2.05) is 67.7 Å². The molecule has 24 heavy (non-hydrogen) atoms. The Morgan fingerprint density at radius 3 is 2.67 bits per heavy atom. The smallest absolute Gasteiger partial charge is 0.338 e. The first-order valence-electron chi connectivity index (χ1n) is 7.91. The van der Waals surface area contributed by atoms with Gasteiger partial charge in [-0.25, -0.2) is 9.78 Å². The first-order valence-corrected chi connectivity index (χ1v) is 7.91. The number of hydrogen-bond donors (Lipinski definition) is 1. The maximum atomic E-state index is 12.4. The summed E-state index contributed by atoms with van der Waals surface area (Å²) >= 11 is 0. The number of H-pyrrole nitrogens is 1. The number of carbonyl (C=O) groups excluding carboxylic acids is 1. The molecule has 4 aromatic rings. The summed E-state index contributed by atoms with van der Waals surface area (Å²) < 4.78 is 5.22. The topological polar surface area (TPSA) is 55.0 Å². The highest BCUT2D eigenvalue weighted by Crippen LogP contribution is 2.30. The van der Waals surface area contributed by atoms with Gasteiger partial charge in [-0.2, -0.15) is 0 Å². The Kier molecular flexibility index (Phi) is 3.50. The van der Waals surface area contributed by atoms with E-state index in [2.05, 4.69) is 4.98 Å². The number of esters is 1. The number of pyridine rings is 1. The maximum Gasteiger partial charge on any atom is 0.338 e. The summed E-state index contributed by atoms with van der Waals surface area (Å²) in [7, 11) is 0. The van der Waals surface area contributed by atoms with Gasteiger partial charge >= 0.3 is 5.97 Å². The van der Waals surface area contributed by atoms with Gasteiger partial charge in [0.1, 0.15) is 0 Å². The molecule has 2 aromatic carbocycles. The van der Waals surface area contributed by atoms with Gasteiger partial charge in [0.05, 0.1) is 23.4 Å². The van der Waals surface area contributed by atoms with Crippen LogP contribution in [0.5, 0.6) is 0 Å². The van der Waals surface area contributed by atoms with E-state index in [4.69, 9.17) is 9.72 Å². The molecule has 0 unspecified atom stereocenters. The zero-order valence-electron chi connectivity index (χ0n) is 13.2. The van der Waals surface area contributed by atoms with Crippen molar-refractivity contribution in [1.82, 2.24) is 9.97 Å². The average molecular weight is 316 g/mol. The second-order valence-electron chi connectivity index (χ2n) is 5.54. The minimum atomic E-state index is -0.322. The predicted octanol–water partition coefficient (Wildman–Crippen LogP) is 4.56. The lowest BCUT2D eigenvalue weighted by Gasteiger charge is -2.09. The van der Waals surface area contributed by atoms with Crippen LogP contribution in [0.15, 0.2) is 60.8 Å². The SMILES string of the molecule is CCOC(=O)c1cc(-c2c[nH]c3ccccc23)nc2ccccc12. The summed E-state index contributed by atoms with van der Waals surface area (Å²) in [6.45, 7) is 2.15. The highest BCUT2D eigenvalue weighted by Gasteiger charge is 2.16. The van der Waals surface area contributed by atoms with Crippen LogP contribution in [0.1, 0.15) is 17.3 Å². The Balaban J connectivity index is 1.98. The predicted molar refractivity (Wildman–Crippen MR) is 95.0 cm³/mol. The van der Waals surface area contributed by atoms with Gasteiger partial charge in [-0.15, -0.1) is 0 Å². The standard InChI is InChI=1S/C20H16N2O2/c1-2-24-20(23)15-11-19(22-18-10-6-4-7-13(15)18)16-12-21-17-9-5-3-8-14(16)17/h3-12,21H,2H2,1H3. The van der Waals surface area contributed by atoms with Crippen molar-refractivity contribution in [2.45, 2.75) is 6.92 Å². The molecule has 4 rings (SSSR count). The minimum Gasteiger partial charge on any atom is -0.462 e. The molecule has 0 fully saturated rings. The van der Waals surface area contributed by atoms with Crippen molar-refractivity contribution in [2.75, 3.05) is 6.61 Å². The molecule has 0 bridgehead atoms. The van der Waals surface area contributed by atoms with Crippen LogP contribution < -0.4 is 0 Å². The highest BCUT2D eigenvalue weighted by molar-refractivity contribution is 6.06. The lowest BCUT2D eigenvalue weighted by atomic mass is 10.0. The number of hydrogen-bond acceptors (Lipinski definition) is 3. The third kappa shape index (κ3) is 2.33. The first-order chi connectivity index (χ1) is 11.8. The van der Waals surface area contributed by atoms with Crippen molar-refractivity contribution >= 4 is 27.8 Å². The molecular weight excluding hydrogens is 300 g/mol. The molecule has 0 saturated carbocycles. The van der Waals surface area contributed by atoms with Crippen LogP contribution in [-0.4, -0.2) is 22.5 Å². The lowest BCUT2D eigenvalue weighted by Crippen LogP contribution is -2.06. The molecule has 2 aromatic heterocycles. The van der Waals surface area contributed by atoms with Crippen LogP contribution in [0, 0.1) is 0 Å². The number of nitrogens with zero attached hydrogens (tertiary/aromatic N) is 1. The molecule has 0 aliphatic heterocycles. The third-order valence-corrected chi connectivity index (χ3v) is 4.08. The molecule has 118 valence electrons. The van der Waals surface area contributed by atoms with E-state index in [0.717, 1.165) is 33.1 Å². The van der Waals surface area contributed by atoms with E-state index in [-0.39, 0.29) is 5.97 Å². The van der Waals surface area contributed by atoms with Crippen molar-refractivity contribution < 1.29 is 9.53 Å². The molecule has 0 saturated heterocycles. The Morgan fingerprint density at radius 1 is 1.08 bits per heavy atom. The van der Waals surface area contributed by atoms with E-state index in [1.54, 1.807) is 0 Å². The number of para-hydroxylation sites is 2. The van der Waals surface area contributed by atoms with Crippen LogP contribution in [0.25, 0.3) is 33.1 Å². The number of rotatable bonds is 3. The van der Waals surface area contributed by atoms with Crippen LogP contribution in [0.3, 0.4) is 0 Å². The number of carbonyl (C=O) groups is 1. The molecule has 0 amide bonds. The zero-order valence-corrected chi connectivity index (χ0v) is 13.2. The third-order valence-electron chi connectivity index (χ3n) is 4.08. The normalized spacial score (nSPS) is 11.0. The van der Waals surface area contributed by atoms with Crippen molar-refractivity contribution in [3.8, 4) is 11.3 Å². The number of fused-ring (bicyclic) bond motifs is 2. The molecule has 0 aliphatic carbocycles. The fourth-order valence-corrected chi connectivity index (χ4v) is 2.97. The Morgan fingerprint density at radius 2 is 1.83 bits per heavy atom. The van der Waals surface area contributed by atoms with E-state index in [0.29, 0.717) is 12.2 Å². The second kappa shape index (κ2) is 5.81. The van der Waals surface area contributed by atoms with Crippen molar-refractivity contribution in [2.24, 2.45) is 0 Å². The monoisotopic (exact) mass is 316 g/mol. The van der Waals surface area contributed by atoms with Crippen LogP contribution in [0.4, 0.5) is 0 Å². The molecule has 0 atom stereocenters. The van der Waals surface area contributed by atoms with Crippen LogP contribution >= 0.6 is 0 Å². The summed E-state index contributed by atoms with van der Waals surface area (Å²) in [5.41, 5.74) is 4.10. The zero-order chi connectivity index (χ0) is 16.5. The van der Waals surface area contributed by atoms with Crippen molar-refractivity contribution in [3.63, 3.8) is 0 Å². The fourth-order valence-electron chi connectivity index (χ4n) is 2.97. The Labute approximate surface area is 139 Å². The van der Waals surface area contributed by atoms with Gasteiger partial charge in [-0.05, 0) is 25.1 Å². The van der Waals surface area contributed by atoms with E-state index < -0.39 is 0 Å². The van der Waals surface area contributed by atoms with Gasteiger partial charge < -0.3 is 9.72 Å². The fraction of sp³-hybridized carbons (Fsp3) is 0.100. The number of nitrogens with one attached hydrogen (secondary N) is 1. The molecule has 0 aliphatic rings. The summed E-state index contributed by atoms with van der Waals surface area (Å²) in [5.74, 6) is -0.322. The van der Waals surface area contributed by atoms with Crippen molar-refractivity contribution in [3.05, 3.63) is 66.4 Å². The number of aromatic amines is 1. The van der Waals surface area contributed by atoms with Gasteiger partial charge in [0.2, 0.25) is 0 Å². The number of ether oxygens (including phenoxy) is 1. The quantitative estimate of drug-likeness (QED) is 0.564. The molecule has 4 nitrogen and oxygen atoms in total. The first kappa shape index (κ1) is 14.5. The Hall–Kier alpha value is -3.14. The van der Waals surface area contributed by atoms with Gasteiger partial charge in [-0.1, -0.05) is 36.4 Å². The van der Waals surface area contributed by atoms with Crippen molar-refractivity contribution in [1.29, 1.82) is 0 Å². The number of aromatic nitrogens is 2. The van der Waals surface area contributed by atoms with Gasteiger partial charge in [0, 0.05) is 28.0 Å². The Bertz CT molecular complexity index is 1050. The maximum absolute atomic E-state index is 12.4.